The molecule has 28 heavy (non-hydrogen) atoms. The molecule has 156 valence electrons. The highest BCUT2D eigenvalue weighted by atomic mass is 16.9. The van der Waals surface area contributed by atoms with Gasteiger partial charge in [0.1, 0.15) is 18.8 Å². The van der Waals surface area contributed by atoms with Gasteiger partial charge in [-0.2, -0.15) is 0 Å². The van der Waals surface area contributed by atoms with Gasteiger partial charge in [0, 0.05) is 19.8 Å². The molecule has 2 aliphatic rings. The number of carbonyl (C=O) groups is 1. The second-order valence-corrected chi connectivity index (χ2v) is 6.89. The number of para-hydroxylation sites is 1. The van der Waals surface area contributed by atoms with E-state index in [9.17, 15) is 15.0 Å². The van der Waals surface area contributed by atoms with Crippen LogP contribution >= 0.6 is 0 Å². The van der Waals surface area contributed by atoms with Crippen molar-refractivity contribution in [1.29, 1.82) is 0 Å². The van der Waals surface area contributed by atoms with E-state index in [1.54, 1.807) is 32.0 Å². The van der Waals surface area contributed by atoms with Crippen LogP contribution in [0, 0.1) is 5.92 Å². The maximum absolute atomic E-state index is 11.1. The van der Waals surface area contributed by atoms with Gasteiger partial charge >= 0.3 is 11.9 Å². The van der Waals surface area contributed by atoms with Crippen LogP contribution in [0.5, 0.6) is 17.2 Å². The lowest BCUT2D eigenvalue weighted by Gasteiger charge is -2.40. The molecule has 1 unspecified atom stereocenters. The van der Waals surface area contributed by atoms with Crippen molar-refractivity contribution in [2.24, 2.45) is 5.92 Å². The van der Waals surface area contributed by atoms with Crippen LogP contribution < -0.4 is 14.2 Å². The molecule has 9 nitrogen and oxygen atoms in total. The van der Waals surface area contributed by atoms with Crippen molar-refractivity contribution < 1.29 is 43.4 Å². The van der Waals surface area contributed by atoms with Crippen LogP contribution in [-0.2, 0) is 19.0 Å². The van der Waals surface area contributed by atoms with Crippen molar-refractivity contribution in [2.45, 2.75) is 58.3 Å². The minimum atomic E-state index is -1.31. The van der Waals surface area contributed by atoms with Gasteiger partial charge in [0.15, 0.2) is 11.5 Å². The number of fused-ring (bicyclic) bond motifs is 1. The Kier molecular flexibility index (Phi) is 5.99. The largest absolute Gasteiger partial charge is 0.463 e. The minimum absolute atomic E-state index is 0.0605. The maximum atomic E-state index is 11.1. The number of carbonyl (C=O) groups excluding carboxylic acids is 1. The molecule has 1 aromatic rings. The summed E-state index contributed by atoms with van der Waals surface area (Å²) in [6.07, 6.45) is -4.27. The molecule has 0 radical (unpaired) electrons. The summed E-state index contributed by atoms with van der Waals surface area (Å²) in [5, 5.41) is 20.7. The molecule has 1 fully saturated rings. The van der Waals surface area contributed by atoms with E-state index in [-0.39, 0.29) is 12.4 Å². The number of ether oxygens (including phenoxy) is 6. The molecule has 2 heterocycles. The molecule has 0 amide bonds. The Bertz CT molecular complexity index is 709. The lowest BCUT2D eigenvalue weighted by atomic mass is 9.91. The highest BCUT2D eigenvalue weighted by Gasteiger charge is 2.45. The molecule has 0 saturated carbocycles. The van der Waals surface area contributed by atoms with Crippen molar-refractivity contribution in [3.63, 3.8) is 0 Å². The Hall–Kier alpha value is -2.07. The second-order valence-electron chi connectivity index (χ2n) is 6.89. The fourth-order valence-electron chi connectivity index (χ4n) is 3.18. The normalized spacial score (nSPS) is 34.1. The molecule has 9 heteroatoms. The zero-order valence-corrected chi connectivity index (χ0v) is 16.3. The van der Waals surface area contributed by atoms with E-state index in [0.29, 0.717) is 18.1 Å². The Morgan fingerprint density at radius 3 is 2.68 bits per heavy atom. The quantitative estimate of drug-likeness (QED) is 0.682. The number of benzene rings is 1. The van der Waals surface area contributed by atoms with Crippen molar-refractivity contribution >= 4 is 5.97 Å². The third-order valence-corrected chi connectivity index (χ3v) is 4.69. The number of aliphatic hydroxyl groups excluding tert-OH is 2. The lowest BCUT2D eigenvalue weighted by Crippen LogP contribution is -2.56. The Labute approximate surface area is 163 Å². The van der Waals surface area contributed by atoms with Crippen LogP contribution in [0.4, 0.5) is 0 Å². The first-order valence-corrected chi connectivity index (χ1v) is 9.20. The van der Waals surface area contributed by atoms with Gasteiger partial charge in [-0.15, -0.1) is 0 Å². The molecule has 3 rings (SSSR count). The third-order valence-electron chi connectivity index (χ3n) is 4.69. The average Bonchev–Trinajstić information content (AvgIpc) is 2.98. The molecular weight excluding hydrogens is 372 g/mol. The number of aliphatic hydroxyl groups is 2. The summed E-state index contributed by atoms with van der Waals surface area (Å²) in [4.78, 5) is 11.1. The van der Waals surface area contributed by atoms with Gasteiger partial charge in [0.05, 0.1) is 12.7 Å². The van der Waals surface area contributed by atoms with Gasteiger partial charge < -0.3 is 38.6 Å². The molecule has 0 spiro atoms. The first kappa shape index (κ1) is 20.7. The molecular formula is C19H26O9. The highest BCUT2D eigenvalue weighted by Crippen LogP contribution is 2.47. The van der Waals surface area contributed by atoms with Crippen LogP contribution in [0.2, 0.25) is 0 Å². The molecule has 2 N–H and O–H groups in total. The van der Waals surface area contributed by atoms with Gasteiger partial charge in [-0.05, 0) is 19.1 Å². The summed E-state index contributed by atoms with van der Waals surface area (Å²) in [7, 11) is 0. The second kappa shape index (κ2) is 8.12. The lowest BCUT2D eigenvalue weighted by molar-refractivity contribution is -0.270. The summed E-state index contributed by atoms with van der Waals surface area (Å²) in [6, 6.07) is 5.02. The van der Waals surface area contributed by atoms with Crippen molar-refractivity contribution in [2.75, 3.05) is 13.2 Å². The number of esters is 1. The van der Waals surface area contributed by atoms with E-state index in [4.69, 9.17) is 28.4 Å². The fraction of sp³-hybridized carbons (Fsp3) is 0.632. The zero-order chi connectivity index (χ0) is 20.5. The van der Waals surface area contributed by atoms with E-state index in [2.05, 4.69) is 0 Å². The first-order valence-electron chi connectivity index (χ1n) is 9.20. The topological polar surface area (TPSA) is 113 Å². The highest BCUT2D eigenvalue weighted by molar-refractivity contribution is 5.65. The summed E-state index contributed by atoms with van der Waals surface area (Å²) in [5.41, 5.74) is 0. The molecule has 0 aromatic heterocycles. The number of rotatable bonds is 6. The summed E-state index contributed by atoms with van der Waals surface area (Å²) in [6.45, 7) is 6.75. The smallest absolute Gasteiger partial charge is 0.369 e. The maximum Gasteiger partial charge on any atom is 0.369 e. The van der Waals surface area contributed by atoms with E-state index in [1.807, 2.05) is 6.92 Å². The zero-order valence-electron chi connectivity index (χ0n) is 16.3. The van der Waals surface area contributed by atoms with Gasteiger partial charge in [0.2, 0.25) is 12.0 Å². The standard InChI is InChI=1S/C19H26O9/c1-5-24-19(4)27-13-8-6-7-12(17(13)28-19)25-18-16(22)15(21)10(2)14(26-18)9-23-11(3)20/h6-8,10,14-16,18,21-22H,5,9H2,1-4H3/t10-,14-,15+,16-,18-,19?/m1/s1. The minimum Gasteiger partial charge on any atom is -0.463 e. The number of hydrogen-bond donors (Lipinski definition) is 2. The Morgan fingerprint density at radius 2 is 2.00 bits per heavy atom. The van der Waals surface area contributed by atoms with Crippen LogP contribution in [-0.4, -0.2) is 60.0 Å². The average molecular weight is 398 g/mol. The van der Waals surface area contributed by atoms with E-state index in [1.165, 1.54) is 6.92 Å². The van der Waals surface area contributed by atoms with E-state index < -0.39 is 42.5 Å². The van der Waals surface area contributed by atoms with Crippen molar-refractivity contribution in [3.8, 4) is 17.2 Å². The van der Waals surface area contributed by atoms with E-state index >= 15 is 0 Å². The monoisotopic (exact) mass is 398 g/mol. The predicted octanol–water partition coefficient (Wildman–Crippen LogP) is 1.19. The summed E-state index contributed by atoms with van der Waals surface area (Å²) < 4.78 is 33.5. The molecule has 0 bridgehead atoms. The SMILES string of the molecule is CCOC1(C)Oc2cccc(O[C@@H]3O[C@H](COC(C)=O)[C@@H](C)[C@H](O)[C@H]3O)c2O1. The van der Waals surface area contributed by atoms with Crippen molar-refractivity contribution in [3.05, 3.63) is 18.2 Å². The predicted molar refractivity (Wildman–Crippen MR) is 94.8 cm³/mol. The van der Waals surface area contributed by atoms with Gasteiger partial charge in [0.25, 0.3) is 0 Å². The van der Waals surface area contributed by atoms with Gasteiger partial charge in [-0.25, -0.2) is 0 Å². The number of hydrogen-bond acceptors (Lipinski definition) is 9. The van der Waals surface area contributed by atoms with Crippen LogP contribution in [0.25, 0.3) is 0 Å². The van der Waals surface area contributed by atoms with Crippen molar-refractivity contribution in [1.82, 2.24) is 0 Å². The van der Waals surface area contributed by atoms with E-state index in [0.717, 1.165) is 0 Å². The van der Waals surface area contributed by atoms with Gasteiger partial charge in [-0.1, -0.05) is 13.0 Å². The molecule has 1 aromatic carbocycles. The molecule has 2 aliphatic heterocycles. The molecule has 0 aliphatic carbocycles. The summed E-state index contributed by atoms with van der Waals surface area (Å²) in [5.74, 6) is -1.22. The molecule has 1 saturated heterocycles. The van der Waals surface area contributed by atoms with Crippen LogP contribution in [0.1, 0.15) is 27.7 Å². The third kappa shape index (κ3) is 4.17. The molecule has 6 atom stereocenters. The Balaban J connectivity index is 1.76. The van der Waals surface area contributed by atoms with Crippen LogP contribution in [0.3, 0.4) is 0 Å². The Morgan fingerprint density at radius 1 is 1.25 bits per heavy atom. The fourth-order valence-corrected chi connectivity index (χ4v) is 3.18. The van der Waals surface area contributed by atoms with Crippen LogP contribution in [0.15, 0.2) is 18.2 Å². The first-order chi connectivity index (χ1) is 13.2. The summed E-state index contributed by atoms with van der Waals surface area (Å²) >= 11 is 0. The van der Waals surface area contributed by atoms with Gasteiger partial charge in [-0.3, -0.25) is 4.79 Å².